The van der Waals surface area contributed by atoms with Gasteiger partial charge < -0.3 is 10.1 Å². The average molecular weight is 457 g/mol. The van der Waals surface area contributed by atoms with E-state index in [-0.39, 0.29) is 17.6 Å². The minimum atomic E-state index is -0.405. The average Bonchev–Trinajstić information content (AvgIpc) is 3.20. The van der Waals surface area contributed by atoms with Gasteiger partial charge in [0.2, 0.25) is 11.0 Å². The number of nitrogens with zero attached hydrogens (tertiary/aromatic N) is 2. The Hall–Kier alpha value is -3.24. The maximum Gasteiger partial charge on any atom is 0.338 e. The van der Waals surface area contributed by atoms with Gasteiger partial charge in [-0.2, -0.15) is 0 Å². The number of amides is 2. The Bertz CT molecular complexity index is 1070. The number of ether oxygens (including phenoxy) is 1. The van der Waals surface area contributed by atoms with E-state index in [0.29, 0.717) is 32.9 Å². The number of aromatic nitrogens is 2. The second kappa shape index (κ2) is 10.7. The lowest BCUT2D eigenvalue weighted by atomic mass is 10.1. The standard InChI is InChI=1S/C21H20N4O4S2/c1-3-29-19(28)15-8-10-16(11-9-15)22-17(26)12-30-21-25-24-20(31-21)23-18(27)14-6-4-13(2)5-7-14/h4-11H,3,12H2,1-2H3,(H,22,26)(H,23,24,27). The van der Waals surface area contributed by atoms with Crippen molar-refractivity contribution in [3.63, 3.8) is 0 Å². The smallest absolute Gasteiger partial charge is 0.338 e. The summed E-state index contributed by atoms with van der Waals surface area (Å²) in [5, 5.41) is 13.7. The Kier molecular flexibility index (Phi) is 7.74. The number of hydrogen-bond donors (Lipinski definition) is 2. The van der Waals surface area contributed by atoms with E-state index in [1.54, 1.807) is 43.3 Å². The van der Waals surface area contributed by atoms with Gasteiger partial charge >= 0.3 is 5.97 Å². The fourth-order valence-electron chi connectivity index (χ4n) is 2.42. The zero-order valence-electron chi connectivity index (χ0n) is 16.9. The van der Waals surface area contributed by atoms with E-state index in [9.17, 15) is 14.4 Å². The van der Waals surface area contributed by atoms with Crippen LogP contribution in [0, 0.1) is 6.92 Å². The van der Waals surface area contributed by atoms with Crippen LogP contribution in [0.1, 0.15) is 33.2 Å². The number of anilines is 2. The second-order valence-corrected chi connectivity index (χ2v) is 8.53. The highest BCUT2D eigenvalue weighted by molar-refractivity contribution is 8.01. The van der Waals surface area contributed by atoms with Crippen LogP contribution in [-0.4, -0.2) is 40.3 Å². The summed E-state index contributed by atoms with van der Waals surface area (Å²) in [4.78, 5) is 36.1. The summed E-state index contributed by atoms with van der Waals surface area (Å²) >= 11 is 2.41. The molecule has 0 fully saturated rings. The predicted molar refractivity (Wildman–Crippen MR) is 121 cm³/mol. The molecule has 0 aliphatic heterocycles. The molecule has 3 rings (SSSR count). The number of rotatable bonds is 8. The zero-order valence-corrected chi connectivity index (χ0v) is 18.5. The summed E-state index contributed by atoms with van der Waals surface area (Å²) in [7, 11) is 0. The van der Waals surface area contributed by atoms with E-state index < -0.39 is 5.97 Å². The molecule has 0 saturated carbocycles. The molecule has 2 amide bonds. The van der Waals surface area contributed by atoms with Gasteiger partial charge in [0, 0.05) is 11.3 Å². The summed E-state index contributed by atoms with van der Waals surface area (Å²) in [6, 6.07) is 13.7. The molecule has 3 aromatic rings. The minimum Gasteiger partial charge on any atom is -0.462 e. The molecule has 31 heavy (non-hydrogen) atoms. The maximum atomic E-state index is 12.2. The van der Waals surface area contributed by atoms with Gasteiger partial charge in [-0.1, -0.05) is 40.8 Å². The van der Waals surface area contributed by atoms with Crippen molar-refractivity contribution in [3.05, 3.63) is 65.2 Å². The lowest BCUT2D eigenvalue weighted by Crippen LogP contribution is -2.14. The molecule has 0 spiro atoms. The maximum absolute atomic E-state index is 12.2. The zero-order chi connectivity index (χ0) is 22.2. The number of hydrogen-bond acceptors (Lipinski definition) is 8. The third-order valence-electron chi connectivity index (χ3n) is 3.95. The van der Waals surface area contributed by atoms with Crippen molar-refractivity contribution < 1.29 is 19.1 Å². The minimum absolute atomic E-state index is 0.125. The summed E-state index contributed by atoms with van der Waals surface area (Å²) < 4.78 is 5.49. The highest BCUT2D eigenvalue weighted by Crippen LogP contribution is 2.26. The van der Waals surface area contributed by atoms with Crippen LogP contribution < -0.4 is 10.6 Å². The van der Waals surface area contributed by atoms with Crippen LogP contribution in [0.5, 0.6) is 0 Å². The fraction of sp³-hybridized carbons (Fsp3) is 0.190. The van der Waals surface area contributed by atoms with Gasteiger partial charge in [0.05, 0.1) is 17.9 Å². The third-order valence-corrected chi connectivity index (χ3v) is 5.92. The van der Waals surface area contributed by atoms with Crippen molar-refractivity contribution in [2.75, 3.05) is 23.0 Å². The van der Waals surface area contributed by atoms with E-state index in [1.807, 2.05) is 19.1 Å². The molecule has 0 bridgehead atoms. The lowest BCUT2D eigenvalue weighted by Gasteiger charge is -2.06. The van der Waals surface area contributed by atoms with Gasteiger partial charge in [-0.15, -0.1) is 10.2 Å². The van der Waals surface area contributed by atoms with Crippen molar-refractivity contribution >= 4 is 51.7 Å². The first-order valence-corrected chi connectivity index (χ1v) is 11.2. The lowest BCUT2D eigenvalue weighted by molar-refractivity contribution is -0.113. The normalized spacial score (nSPS) is 10.4. The van der Waals surface area contributed by atoms with Crippen LogP contribution in [-0.2, 0) is 9.53 Å². The van der Waals surface area contributed by atoms with Crippen LogP contribution in [0.15, 0.2) is 52.9 Å². The molecule has 0 aliphatic carbocycles. The monoisotopic (exact) mass is 456 g/mol. The Morgan fingerprint density at radius 2 is 1.65 bits per heavy atom. The van der Waals surface area contributed by atoms with Gasteiger partial charge in [0.1, 0.15) is 0 Å². The Labute approximate surface area is 187 Å². The number of aryl methyl sites for hydroxylation is 1. The topological polar surface area (TPSA) is 110 Å². The largest absolute Gasteiger partial charge is 0.462 e. The van der Waals surface area contributed by atoms with Crippen molar-refractivity contribution in [1.29, 1.82) is 0 Å². The quantitative estimate of drug-likeness (QED) is 0.299. The number of benzene rings is 2. The molecule has 0 aliphatic rings. The van der Waals surface area contributed by atoms with E-state index in [0.717, 1.165) is 5.56 Å². The summed E-state index contributed by atoms with van der Waals surface area (Å²) in [6.07, 6.45) is 0. The third kappa shape index (κ3) is 6.63. The number of carbonyl (C=O) groups excluding carboxylic acids is 3. The van der Waals surface area contributed by atoms with Crippen molar-refractivity contribution in [1.82, 2.24) is 10.2 Å². The van der Waals surface area contributed by atoms with Gasteiger partial charge in [-0.3, -0.25) is 14.9 Å². The van der Waals surface area contributed by atoms with Crippen LogP contribution in [0.4, 0.5) is 10.8 Å². The van der Waals surface area contributed by atoms with Crippen molar-refractivity contribution in [2.24, 2.45) is 0 Å². The molecule has 0 unspecified atom stereocenters. The van der Waals surface area contributed by atoms with Crippen molar-refractivity contribution in [2.45, 2.75) is 18.2 Å². The van der Waals surface area contributed by atoms with Crippen molar-refractivity contribution in [3.8, 4) is 0 Å². The summed E-state index contributed by atoms with van der Waals surface area (Å²) in [6.45, 7) is 3.99. The molecule has 2 N–H and O–H groups in total. The van der Waals surface area contributed by atoms with Crippen LogP contribution in [0.3, 0.4) is 0 Å². The molecule has 8 nitrogen and oxygen atoms in total. The first kappa shape index (κ1) is 22.4. The SMILES string of the molecule is CCOC(=O)c1ccc(NC(=O)CSc2nnc(NC(=O)c3ccc(C)cc3)s2)cc1. The van der Waals surface area contributed by atoms with E-state index in [2.05, 4.69) is 20.8 Å². The molecule has 0 saturated heterocycles. The summed E-state index contributed by atoms with van der Waals surface area (Å²) in [5.74, 6) is -0.774. The molecule has 1 heterocycles. The fourth-order valence-corrected chi connectivity index (χ4v) is 3.97. The number of nitrogens with one attached hydrogen (secondary N) is 2. The van der Waals surface area contributed by atoms with Gasteiger partial charge in [0.15, 0.2) is 4.34 Å². The predicted octanol–water partition coefficient (Wildman–Crippen LogP) is 4.01. The first-order valence-electron chi connectivity index (χ1n) is 9.36. The highest BCUT2D eigenvalue weighted by Gasteiger charge is 2.12. The molecule has 0 radical (unpaired) electrons. The summed E-state index contributed by atoms with van der Waals surface area (Å²) in [5.41, 5.74) is 2.59. The van der Waals surface area contributed by atoms with Gasteiger partial charge in [-0.25, -0.2) is 4.79 Å². The Balaban J connectivity index is 1.47. The first-order chi connectivity index (χ1) is 14.9. The molecular weight excluding hydrogens is 436 g/mol. The van der Waals surface area contributed by atoms with E-state index in [4.69, 9.17) is 4.74 Å². The van der Waals surface area contributed by atoms with Gasteiger partial charge in [0.25, 0.3) is 5.91 Å². The van der Waals surface area contributed by atoms with Crippen LogP contribution >= 0.6 is 23.1 Å². The number of carbonyl (C=O) groups is 3. The van der Waals surface area contributed by atoms with Gasteiger partial charge in [-0.05, 0) is 50.2 Å². The Morgan fingerprint density at radius 3 is 2.32 bits per heavy atom. The van der Waals surface area contributed by atoms with E-state index >= 15 is 0 Å². The van der Waals surface area contributed by atoms with Crippen LogP contribution in [0.2, 0.25) is 0 Å². The molecular formula is C21H20N4O4S2. The van der Waals surface area contributed by atoms with Crippen LogP contribution in [0.25, 0.3) is 0 Å². The molecule has 160 valence electrons. The molecule has 2 aromatic carbocycles. The second-order valence-electron chi connectivity index (χ2n) is 6.33. The molecule has 1 aromatic heterocycles. The number of thioether (sulfide) groups is 1. The number of esters is 1. The Morgan fingerprint density at radius 1 is 0.968 bits per heavy atom. The van der Waals surface area contributed by atoms with E-state index in [1.165, 1.54) is 23.1 Å². The molecule has 10 heteroatoms. The molecule has 0 atom stereocenters. The highest BCUT2D eigenvalue weighted by atomic mass is 32.2.